The first-order valence-electron chi connectivity index (χ1n) is 11.8. The number of rotatable bonds is 9. The molecule has 5 rings (SSSR count). The van der Waals surface area contributed by atoms with E-state index in [0.717, 1.165) is 54.4 Å². The lowest BCUT2D eigenvalue weighted by atomic mass is 9.93. The van der Waals surface area contributed by atoms with E-state index in [1.807, 2.05) is 54.6 Å². The maximum absolute atomic E-state index is 11.6. The molecular weight excluding hydrogens is 440 g/mol. The highest BCUT2D eigenvalue weighted by Crippen LogP contribution is 2.48. The Labute approximate surface area is 204 Å². The highest BCUT2D eigenvalue weighted by Gasteiger charge is 2.51. The van der Waals surface area contributed by atoms with E-state index in [1.165, 1.54) is 16.0 Å². The van der Waals surface area contributed by atoms with Crippen LogP contribution in [0.2, 0.25) is 0 Å². The molecule has 4 heteroatoms. The summed E-state index contributed by atoms with van der Waals surface area (Å²) in [6.07, 6.45) is 3.67. The van der Waals surface area contributed by atoms with Crippen LogP contribution in [0, 0.1) is 0 Å². The zero-order chi connectivity index (χ0) is 23.5. The minimum absolute atomic E-state index is 0.416. The van der Waals surface area contributed by atoms with Crippen molar-refractivity contribution in [1.29, 1.82) is 0 Å². The predicted octanol–water partition coefficient (Wildman–Crippen LogP) is 7.25. The van der Waals surface area contributed by atoms with Gasteiger partial charge in [0.15, 0.2) is 0 Å². The molecule has 34 heavy (non-hydrogen) atoms. The molecule has 1 aromatic heterocycles. The molecule has 0 saturated heterocycles. The number of hydrogen-bond donors (Lipinski definition) is 2. The van der Waals surface area contributed by atoms with Gasteiger partial charge in [0.25, 0.3) is 0 Å². The summed E-state index contributed by atoms with van der Waals surface area (Å²) in [6.45, 7) is 0. The summed E-state index contributed by atoms with van der Waals surface area (Å²) in [5.41, 5.74) is 5.90. The zero-order valence-corrected chi connectivity index (χ0v) is 19.8. The molecule has 172 valence electrons. The predicted molar refractivity (Wildman–Crippen MR) is 138 cm³/mol. The van der Waals surface area contributed by atoms with Gasteiger partial charge in [-0.15, -0.1) is 11.3 Å². The van der Waals surface area contributed by atoms with Gasteiger partial charge < -0.3 is 10.2 Å². The SMILES string of the molecule is O=C(O)C1(c2ccc(-c3ccc(-c4ccsc4CCCC(O)c4ccccc4)cc3)cc2)CC1. The van der Waals surface area contributed by atoms with Crippen molar-refractivity contribution in [2.24, 2.45) is 0 Å². The summed E-state index contributed by atoms with van der Waals surface area (Å²) in [6, 6.07) is 28.6. The fourth-order valence-corrected chi connectivity index (χ4v) is 5.61. The Morgan fingerprint density at radius 1 is 0.853 bits per heavy atom. The van der Waals surface area contributed by atoms with E-state index in [1.54, 1.807) is 11.3 Å². The van der Waals surface area contributed by atoms with Crippen molar-refractivity contribution in [2.45, 2.75) is 43.6 Å². The van der Waals surface area contributed by atoms with Gasteiger partial charge in [0.1, 0.15) is 0 Å². The molecule has 0 spiro atoms. The summed E-state index contributed by atoms with van der Waals surface area (Å²) in [7, 11) is 0. The Bertz CT molecular complexity index is 1250. The summed E-state index contributed by atoms with van der Waals surface area (Å²) in [5, 5.41) is 22.1. The van der Waals surface area contributed by atoms with Gasteiger partial charge in [-0.1, -0.05) is 78.9 Å². The standard InChI is InChI=1S/C30H28O3S/c31-27(24-5-2-1-3-6-24)7-4-8-28-26(17-20-34-28)23-11-9-21(10-12-23)22-13-15-25(16-14-22)30(18-19-30)29(32)33/h1-3,5-6,9-17,20,27,31H,4,7-8,18-19H2,(H,32,33). The number of thiophene rings is 1. The summed E-state index contributed by atoms with van der Waals surface area (Å²) >= 11 is 1.77. The van der Waals surface area contributed by atoms with Crippen LogP contribution in [-0.4, -0.2) is 16.2 Å². The molecule has 3 nitrogen and oxygen atoms in total. The Hall–Kier alpha value is -3.21. The molecule has 3 aromatic carbocycles. The van der Waals surface area contributed by atoms with Gasteiger partial charge in [-0.05, 0) is 76.9 Å². The van der Waals surface area contributed by atoms with Gasteiger partial charge in [-0.2, -0.15) is 0 Å². The van der Waals surface area contributed by atoms with E-state index in [-0.39, 0.29) is 0 Å². The molecule has 1 aliphatic rings. The Kier molecular flexibility index (Phi) is 6.36. The number of benzene rings is 3. The van der Waals surface area contributed by atoms with Crippen LogP contribution in [0.15, 0.2) is 90.3 Å². The minimum Gasteiger partial charge on any atom is -0.481 e. The molecule has 1 atom stereocenters. The maximum atomic E-state index is 11.6. The van der Waals surface area contributed by atoms with E-state index < -0.39 is 17.5 Å². The fraction of sp³-hybridized carbons (Fsp3) is 0.233. The van der Waals surface area contributed by atoms with Crippen LogP contribution in [0.1, 0.15) is 47.8 Å². The number of aliphatic hydroxyl groups is 1. The molecular formula is C30H28O3S. The first kappa shape index (κ1) is 22.6. The Morgan fingerprint density at radius 2 is 1.47 bits per heavy atom. The van der Waals surface area contributed by atoms with Crippen LogP contribution in [-0.2, 0) is 16.6 Å². The van der Waals surface area contributed by atoms with E-state index in [9.17, 15) is 15.0 Å². The van der Waals surface area contributed by atoms with Gasteiger partial charge in [-0.25, -0.2) is 0 Å². The first-order valence-corrected chi connectivity index (χ1v) is 12.7. The van der Waals surface area contributed by atoms with Gasteiger partial charge in [0, 0.05) is 4.88 Å². The van der Waals surface area contributed by atoms with Crippen molar-refractivity contribution in [3.8, 4) is 22.3 Å². The second kappa shape index (κ2) is 9.57. The molecule has 2 N–H and O–H groups in total. The van der Waals surface area contributed by atoms with E-state index in [0.29, 0.717) is 0 Å². The van der Waals surface area contributed by atoms with E-state index in [2.05, 4.69) is 35.7 Å². The molecule has 1 saturated carbocycles. The molecule has 0 radical (unpaired) electrons. The summed E-state index contributed by atoms with van der Waals surface area (Å²) in [4.78, 5) is 12.9. The van der Waals surface area contributed by atoms with Crippen molar-refractivity contribution >= 4 is 17.3 Å². The van der Waals surface area contributed by atoms with Crippen LogP contribution in [0.3, 0.4) is 0 Å². The first-order chi connectivity index (χ1) is 16.6. The highest BCUT2D eigenvalue weighted by molar-refractivity contribution is 7.10. The lowest BCUT2D eigenvalue weighted by Crippen LogP contribution is -2.19. The third-order valence-electron chi connectivity index (χ3n) is 6.94. The summed E-state index contributed by atoms with van der Waals surface area (Å²) < 4.78 is 0. The Morgan fingerprint density at radius 3 is 2.09 bits per heavy atom. The molecule has 0 bridgehead atoms. The molecule has 1 fully saturated rings. The van der Waals surface area contributed by atoms with Crippen LogP contribution in [0.5, 0.6) is 0 Å². The van der Waals surface area contributed by atoms with Crippen LogP contribution in [0.25, 0.3) is 22.3 Å². The van der Waals surface area contributed by atoms with Crippen LogP contribution < -0.4 is 0 Å². The lowest BCUT2D eigenvalue weighted by Gasteiger charge is -2.12. The minimum atomic E-state index is -0.717. The zero-order valence-electron chi connectivity index (χ0n) is 19.0. The third kappa shape index (κ3) is 4.56. The molecule has 1 heterocycles. The molecule has 0 aliphatic heterocycles. The molecule has 4 aromatic rings. The lowest BCUT2D eigenvalue weighted by molar-refractivity contribution is -0.140. The van der Waals surface area contributed by atoms with Crippen molar-refractivity contribution < 1.29 is 15.0 Å². The van der Waals surface area contributed by atoms with Crippen LogP contribution in [0.4, 0.5) is 0 Å². The Balaban J connectivity index is 1.24. The number of aliphatic carboxylic acids is 1. The van der Waals surface area contributed by atoms with E-state index in [4.69, 9.17) is 0 Å². The van der Waals surface area contributed by atoms with Crippen molar-refractivity contribution in [1.82, 2.24) is 0 Å². The number of carboxylic acid groups (broad SMARTS) is 1. The highest BCUT2D eigenvalue weighted by atomic mass is 32.1. The average molecular weight is 469 g/mol. The van der Waals surface area contributed by atoms with Crippen molar-refractivity contribution in [3.63, 3.8) is 0 Å². The number of aryl methyl sites for hydroxylation is 1. The smallest absolute Gasteiger partial charge is 0.314 e. The normalized spacial score (nSPS) is 15.1. The quantitative estimate of drug-likeness (QED) is 0.272. The second-order valence-electron chi connectivity index (χ2n) is 9.12. The second-order valence-corrected chi connectivity index (χ2v) is 10.1. The largest absolute Gasteiger partial charge is 0.481 e. The monoisotopic (exact) mass is 468 g/mol. The number of carbonyl (C=O) groups is 1. The van der Waals surface area contributed by atoms with Crippen LogP contribution >= 0.6 is 11.3 Å². The van der Waals surface area contributed by atoms with Crippen molar-refractivity contribution in [2.75, 3.05) is 0 Å². The average Bonchev–Trinajstić information content (AvgIpc) is 3.57. The number of hydrogen-bond acceptors (Lipinski definition) is 3. The maximum Gasteiger partial charge on any atom is 0.314 e. The summed E-state index contributed by atoms with van der Waals surface area (Å²) in [5.74, 6) is -0.717. The van der Waals surface area contributed by atoms with Gasteiger partial charge in [0.05, 0.1) is 11.5 Å². The molecule has 0 amide bonds. The molecule has 1 unspecified atom stereocenters. The fourth-order valence-electron chi connectivity index (χ4n) is 4.66. The van der Waals surface area contributed by atoms with E-state index >= 15 is 0 Å². The number of carboxylic acids is 1. The third-order valence-corrected chi connectivity index (χ3v) is 7.92. The van der Waals surface area contributed by atoms with Gasteiger partial charge >= 0.3 is 5.97 Å². The van der Waals surface area contributed by atoms with Gasteiger partial charge in [0.2, 0.25) is 0 Å². The molecule has 1 aliphatic carbocycles. The van der Waals surface area contributed by atoms with Crippen molar-refractivity contribution in [3.05, 3.63) is 106 Å². The van der Waals surface area contributed by atoms with Gasteiger partial charge in [-0.3, -0.25) is 4.79 Å². The number of aliphatic hydroxyl groups excluding tert-OH is 1. The topological polar surface area (TPSA) is 57.5 Å².